The third kappa shape index (κ3) is 5.82. The molecule has 1 fully saturated rings. The number of rotatable bonds is 8. The molecule has 0 aliphatic carbocycles. The Bertz CT molecular complexity index is 560. The number of hydrogen-bond acceptors (Lipinski definition) is 3. The number of nitrogens with zero attached hydrogens (tertiary/aromatic N) is 2. The van der Waals surface area contributed by atoms with Crippen LogP contribution in [0.5, 0.6) is 0 Å². The molecule has 4 heteroatoms. The molecule has 0 saturated carbocycles. The maximum Gasteiger partial charge on any atom is 0.220 e. The largest absolute Gasteiger partial charge is 0.354 e. The summed E-state index contributed by atoms with van der Waals surface area (Å²) in [4.78, 5) is 17.4. The van der Waals surface area contributed by atoms with Gasteiger partial charge >= 0.3 is 0 Å². The van der Waals surface area contributed by atoms with E-state index in [4.69, 9.17) is 0 Å². The SMILES string of the molecule is CCN1CCN(C(C)(C)CNC(=O)CCC(C)(C)c2ccccc2)CC1. The van der Waals surface area contributed by atoms with Crippen molar-refractivity contribution in [3.05, 3.63) is 35.9 Å². The highest BCUT2D eigenvalue weighted by Crippen LogP contribution is 2.28. The molecular weight excluding hydrogens is 322 g/mol. The Morgan fingerprint density at radius 3 is 2.23 bits per heavy atom. The second-order valence-corrected chi connectivity index (χ2v) is 8.76. The Labute approximate surface area is 159 Å². The summed E-state index contributed by atoms with van der Waals surface area (Å²) in [6.07, 6.45) is 1.43. The van der Waals surface area contributed by atoms with Crippen LogP contribution in [-0.2, 0) is 10.2 Å². The first kappa shape index (κ1) is 20.9. The zero-order valence-corrected chi connectivity index (χ0v) is 17.3. The van der Waals surface area contributed by atoms with Crippen LogP contribution >= 0.6 is 0 Å². The van der Waals surface area contributed by atoms with E-state index in [2.05, 4.69) is 74.0 Å². The number of carbonyl (C=O) groups excluding carboxylic acids is 1. The second-order valence-electron chi connectivity index (χ2n) is 8.76. The zero-order valence-electron chi connectivity index (χ0n) is 17.3. The van der Waals surface area contributed by atoms with E-state index in [0.717, 1.165) is 39.1 Å². The molecule has 1 amide bonds. The molecule has 1 aromatic carbocycles. The van der Waals surface area contributed by atoms with Crippen molar-refractivity contribution in [2.75, 3.05) is 39.3 Å². The number of amides is 1. The maximum absolute atomic E-state index is 12.4. The summed E-state index contributed by atoms with van der Waals surface area (Å²) in [7, 11) is 0. The van der Waals surface area contributed by atoms with E-state index in [9.17, 15) is 4.79 Å². The Morgan fingerprint density at radius 2 is 1.65 bits per heavy atom. The van der Waals surface area contributed by atoms with E-state index < -0.39 is 0 Å². The van der Waals surface area contributed by atoms with Gasteiger partial charge in [0.25, 0.3) is 0 Å². The Hall–Kier alpha value is -1.39. The lowest BCUT2D eigenvalue weighted by Gasteiger charge is -2.44. The Kier molecular flexibility index (Phi) is 7.24. The molecule has 0 atom stereocenters. The molecular formula is C22H37N3O. The molecule has 1 aliphatic rings. The first-order valence-corrected chi connectivity index (χ1v) is 10.0. The van der Waals surface area contributed by atoms with E-state index in [1.165, 1.54) is 5.56 Å². The molecule has 146 valence electrons. The van der Waals surface area contributed by atoms with Gasteiger partial charge in [-0.25, -0.2) is 0 Å². The van der Waals surface area contributed by atoms with Gasteiger partial charge in [-0.3, -0.25) is 9.69 Å². The van der Waals surface area contributed by atoms with Crippen molar-refractivity contribution < 1.29 is 4.79 Å². The van der Waals surface area contributed by atoms with Gasteiger partial charge in [0.2, 0.25) is 5.91 Å². The van der Waals surface area contributed by atoms with Crippen molar-refractivity contribution in [1.82, 2.24) is 15.1 Å². The first-order chi connectivity index (χ1) is 12.2. The van der Waals surface area contributed by atoms with Crippen LogP contribution in [0, 0.1) is 0 Å². The summed E-state index contributed by atoms with van der Waals surface area (Å²) in [5.74, 6) is 0.161. The van der Waals surface area contributed by atoms with E-state index in [0.29, 0.717) is 13.0 Å². The topological polar surface area (TPSA) is 35.6 Å². The van der Waals surface area contributed by atoms with Crippen molar-refractivity contribution in [2.24, 2.45) is 0 Å². The minimum absolute atomic E-state index is 0.00440. The maximum atomic E-state index is 12.4. The lowest BCUT2D eigenvalue weighted by atomic mass is 9.80. The third-order valence-electron chi connectivity index (χ3n) is 5.93. The quantitative estimate of drug-likeness (QED) is 0.774. The van der Waals surface area contributed by atoms with E-state index in [1.807, 2.05) is 6.07 Å². The highest BCUT2D eigenvalue weighted by molar-refractivity contribution is 5.76. The van der Waals surface area contributed by atoms with E-state index >= 15 is 0 Å². The average Bonchev–Trinajstić information content (AvgIpc) is 2.65. The molecule has 1 N–H and O–H groups in total. The third-order valence-corrected chi connectivity index (χ3v) is 5.93. The first-order valence-electron chi connectivity index (χ1n) is 10.0. The van der Waals surface area contributed by atoms with Gasteiger partial charge in [0.15, 0.2) is 0 Å². The number of hydrogen-bond donors (Lipinski definition) is 1. The molecule has 1 aliphatic heterocycles. The zero-order chi connectivity index (χ0) is 19.2. The predicted molar refractivity (Wildman–Crippen MR) is 109 cm³/mol. The summed E-state index contributed by atoms with van der Waals surface area (Å²) >= 11 is 0. The smallest absolute Gasteiger partial charge is 0.220 e. The van der Waals surface area contributed by atoms with Crippen molar-refractivity contribution in [3.8, 4) is 0 Å². The predicted octanol–water partition coefficient (Wildman–Crippen LogP) is 3.28. The highest BCUT2D eigenvalue weighted by Gasteiger charge is 2.30. The van der Waals surface area contributed by atoms with E-state index in [1.54, 1.807) is 0 Å². The van der Waals surface area contributed by atoms with Crippen LogP contribution < -0.4 is 5.32 Å². The highest BCUT2D eigenvalue weighted by atomic mass is 16.1. The summed E-state index contributed by atoms with van der Waals surface area (Å²) in [6, 6.07) is 10.5. The minimum Gasteiger partial charge on any atom is -0.354 e. The van der Waals surface area contributed by atoms with Crippen molar-refractivity contribution in [1.29, 1.82) is 0 Å². The normalized spacial score (nSPS) is 17.3. The van der Waals surface area contributed by atoms with Gasteiger partial charge in [-0.05, 0) is 37.8 Å². The van der Waals surface area contributed by atoms with Gasteiger partial charge in [-0.1, -0.05) is 51.1 Å². The van der Waals surface area contributed by atoms with Gasteiger partial charge in [0.1, 0.15) is 0 Å². The molecule has 0 radical (unpaired) electrons. The van der Waals surface area contributed by atoms with Crippen molar-refractivity contribution >= 4 is 5.91 Å². The molecule has 26 heavy (non-hydrogen) atoms. The standard InChI is InChI=1S/C22H37N3O/c1-6-24-14-16-25(17-15-24)22(4,5)18-23-20(26)12-13-21(2,3)19-10-8-7-9-11-19/h7-11H,6,12-18H2,1-5H3,(H,23,26). The second kappa shape index (κ2) is 9.01. The van der Waals surface area contributed by atoms with Crippen molar-refractivity contribution in [3.63, 3.8) is 0 Å². The van der Waals surface area contributed by atoms with Crippen LogP contribution in [0.2, 0.25) is 0 Å². The Balaban J connectivity index is 1.77. The van der Waals surface area contributed by atoms with Crippen LogP contribution in [0.1, 0.15) is 53.0 Å². The molecule has 2 rings (SSSR count). The van der Waals surface area contributed by atoms with Gasteiger partial charge in [0, 0.05) is 44.7 Å². The molecule has 1 heterocycles. The van der Waals surface area contributed by atoms with E-state index in [-0.39, 0.29) is 16.9 Å². The number of likely N-dealkylation sites (N-methyl/N-ethyl adjacent to an activating group) is 1. The summed E-state index contributed by atoms with van der Waals surface area (Å²) in [5, 5.41) is 3.18. The molecule has 1 saturated heterocycles. The van der Waals surface area contributed by atoms with Crippen LogP contribution in [0.4, 0.5) is 0 Å². The monoisotopic (exact) mass is 359 g/mol. The average molecular weight is 360 g/mol. The summed E-state index contributed by atoms with van der Waals surface area (Å²) < 4.78 is 0. The number of carbonyl (C=O) groups is 1. The fourth-order valence-electron chi connectivity index (χ4n) is 3.64. The fraction of sp³-hybridized carbons (Fsp3) is 0.682. The lowest BCUT2D eigenvalue weighted by Crippen LogP contribution is -2.58. The van der Waals surface area contributed by atoms with Crippen LogP contribution in [0.15, 0.2) is 30.3 Å². The van der Waals surface area contributed by atoms with Crippen molar-refractivity contribution in [2.45, 2.75) is 58.4 Å². The molecule has 0 aromatic heterocycles. The van der Waals surface area contributed by atoms with Gasteiger partial charge < -0.3 is 10.2 Å². The number of benzene rings is 1. The molecule has 0 unspecified atom stereocenters. The van der Waals surface area contributed by atoms with Crippen LogP contribution in [0.25, 0.3) is 0 Å². The van der Waals surface area contributed by atoms with Gasteiger partial charge in [-0.15, -0.1) is 0 Å². The molecule has 1 aromatic rings. The molecule has 0 spiro atoms. The summed E-state index contributed by atoms with van der Waals surface area (Å²) in [6.45, 7) is 17.4. The number of nitrogens with one attached hydrogen (secondary N) is 1. The molecule has 0 bridgehead atoms. The number of piperazine rings is 1. The fourth-order valence-corrected chi connectivity index (χ4v) is 3.64. The molecule has 4 nitrogen and oxygen atoms in total. The minimum atomic E-state index is 0.00440. The lowest BCUT2D eigenvalue weighted by molar-refractivity contribution is -0.122. The van der Waals surface area contributed by atoms with Gasteiger partial charge in [-0.2, -0.15) is 0 Å². The van der Waals surface area contributed by atoms with Gasteiger partial charge in [0.05, 0.1) is 0 Å². The Morgan fingerprint density at radius 1 is 1.04 bits per heavy atom. The summed E-state index contributed by atoms with van der Waals surface area (Å²) in [5.41, 5.74) is 1.32. The van der Waals surface area contributed by atoms with Crippen LogP contribution in [-0.4, -0.2) is 60.5 Å². The van der Waals surface area contributed by atoms with Crippen LogP contribution in [0.3, 0.4) is 0 Å².